The predicted molar refractivity (Wildman–Crippen MR) is 174 cm³/mol. The zero-order valence-corrected chi connectivity index (χ0v) is 22.9. The maximum absolute atomic E-state index is 6.77. The zero-order valence-electron chi connectivity index (χ0n) is 22.0. The van der Waals surface area contributed by atoms with Crippen LogP contribution in [0.1, 0.15) is 0 Å². The Labute approximate surface area is 240 Å². The number of furan rings is 1. The molecule has 0 saturated carbocycles. The van der Waals surface area contributed by atoms with Gasteiger partial charge in [0.25, 0.3) is 0 Å². The second-order valence-corrected chi connectivity index (χ2v) is 11.6. The lowest BCUT2D eigenvalue weighted by atomic mass is 9.97. The van der Waals surface area contributed by atoms with E-state index >= 15 is 0 Å². The molecular formula is C38H23NOS. The van der Waals surface area contributed by atoms with Crippen LogP contribution in [0.5, 0.6) is 0 Å². The molecule has 0 amide bonds. The SMILES string of the molecule is c1ccc(-n2c3ccccc3c3oc4c(-c5cccc(-c6ccc7c(c6)sc6ccccc67)c5)cccc4c32)cc1. The molecule has 192 valence electrons. The first-order chi connectivity index (χ1) is 20.3. The fraction of sp³-hybridized carbons (Fsp3) is 0. The maximum Gasteiger partial charge on any atom is 0.161 e. The lowest BCUT2D eigenvalue weighted by molar-refractivity contribution is 0.674. The van der Waals surface area contributed by atoms with E-state index < -0.39 is 0 Å². The van der Waals surface area contributed by atoms with Gasteiger partial charge in [0, 0.05) is 42.2 Å². The van der Waals surface area contributed by atoms with Gasteiger partial charge in [0.15, 0.2) is 5.58 Å². The molecule has 0 unspecified atom stereocenters. The van der Waals surface area contributed by atoms with Crippen LogP contribution in [0, 0.1) is 0 Å². The summed E-state index contributed by atoms with van der Waals surface area (Å²) in [6, 6.07) is 49.9. The highest BCUT2D eigenvalue weighted by Gasteiger charge is 2.21. The number of fused-ring (bicyclic) bond motifs is 8. The van der Waals surface area contributed by atoms with Crippen LogP contribution in [-0.2, 0) is 0 Å². The van der Waals surface area contributed by atoms with Crippen molar-refractivity contribution in [3.8, 4) is 27.9 Å². The van der Waals surface area contributed by atoms with Gasteiger partial charge in [-0.3, -0.25) is 0 Å². The van der Waals surface area contributed by atoms with E-state index in [1.165, 1.54) is 31.3 Å². The molecule has 6 aromatic carbocycles. The maximum atomic E-state index is 6.77. The van der Waals surface area contributed by atoms with Crippen molar-refractivity contribution in [3.05, 3.63) is 140 Å². The standard InChI is InChI=1S/C38H23NOS/c1-2-12-27(13-3-1)39-33-18-6-4-15-31(33)38-36(39)32-17-9-16-28(37(32)40-38)26-11-8-10-24(22-26)25-20-21-30-29-14-5-7-19-34(29)41-35(30)23-25/h1-23H. The van der Waals surface area contributed by atoms with E-state index in [0.29, 0.717) is 0 Å². The van der Waals surface area contributed by atoms with Crippen LogP contribution >= 0.6 is 11.3 Å². The van der Waals surface area contributed by atoms with Crippen LogP contribution in [0.4, 0.5) is 0 Å². The summed E-state index contributed by atoms with van der Waals surface area (Å²) in [7, 11) is 0. The Morgan fingerprint density at radius 1 is 0.463 bits per heavy atom. The number of rotatable bonds is 3. The third-order valence-corrected chi connectivity index (χ3v) is 9.34. The number of thiophene rings is 1. The third kappa shape index (κ3) is 3.36. The Morgan fingerprint density at radius 2 is 1.17 bits per heavy atom. The Hall–Kier alpha value is -5.12. The predicted octanol–water partition coefficient (Wildman–Crippen LogP) is 11.2. The van der Waals surface area contributed by atoms with E-state index in [2.05, 4.69) is 144 Å². The number of para-hydroxylation sites is 3. The summed E-state index contributed by atoms with van der Waals surface area (Å²) in [4.78, 5) is 0. The summed E-state index contributed by atoms with van der Waals surface area (Å²) in [5.41, 5.74) is 9.93. The van der Waals surface area contributed by atoms with Gasteiger partial charge in [-0.1, -0.05) is 91.0 Å². The molecule has 0 fully saturated rings. The Balaban J connectivity index is 1.24. The first-order valence-electron chi connectivity index (χ1n) is 13.9. The van der Waals surface area contributed by atoms with Gasteiger partial charge >= 0.3 is 0 Å². The number of benzene rings is 6. The van der Waals surface area contributed by atoms with Gasteiger partial charge < -0.3 is 8.98 Å². The van der Waals surface area contributed by atoms with Crippen LogP contribution in [-0.4, -0.2) is 4.57 Å². The highest BCUT2D eigenvalue weighted by molar-refractivity contribution is 7.25. The topological polar surface area (TPSA) is 18.1 Å². The smallest absolute Gasteiger partial charge is 0.161 e. The summed E-state index contributed by atoms with van der Waals surface area (Å²) >= 11 is 1.86. The first kappa shape index (κ1) is 22.7. The average molecular weight is 542 g/mol. The molecule has 0 N–H and O–H groups in total. The number of nitrogens with zero attached hydrogens (tertiary/aromatic N) is 1. The summed E-state index contributed by atoms with van der Waals surface area (Å²) in [5.74, 6) is 0. The largest absolute Gasteiger partial charge is 0.453 e. The Bertz CT molecular complexity index is 2420. The van der Waals surface area contributed by atoms with Crippen LogP contribution in [0.25, 0.3) is 81.1 Å². The Kier molecular flexibility index (Phi) is 4.80. The van der Waals surface area contributed by atoms with Crippen LogP contribution in [0.15, 0.2) is 144 Å². The molecule has 0 aliphatic rings. The molecule has 41 heavy (non-hydrogen) atoms. The minimum absolute atomic E-state index is 0.921. The van der Waals surface area contributed by atoms with Crippen molar-refractivity contribution < 1.29 is 4.42 Å². The fourth-order valence-electron chi connectivity index (χ4n) is 6.34. The normalized spacial score (nSPS) is 11.9. The van der Waals surface area contributed by atoms with Gasteiger partial charge in [-0.2, -0.15) is 0 Å². The van der Waals surface area contributed by atoms with Gasteiger partial charge in [0.05, 0.1) is 5.52 Å². The fourth-order valence-corrected chi connectivity index (χ4v) is 7.48. The first-order valence-corrected chi connectivity index (χ1v) is 14.7. The molecule has 0 saturated heterocycles. The summed E-state index contributed by atoms with van der Waals surface area (Å²) < 4.78 is 11.7. The molecule has 0 atom stereocenters. The van der Waals surface area contributed by atoms with Crippen molar-refractivity contribution in [3.63, 3.8) is 0 Å². The molecule has 3 heteroatoms. The van der Waals surface area contributed by atoms with Gasteiger partial charge in [0.1, 0.15) is 11.1 Å². The molecule has 9 aromatic rings. The van der Waals surface area contributed by atoms with Gasteiger partial charge in [-0.25, -0.2) is 0 Å². The van der Waals surface area contributed by atoms with Crippen LogP contribution in [0.3, 0.4) is 0 Å². The molecule has 0 aliphatic carbocycles. The van der Waals surface area contributed by atoms with Crippen molar-refractivity contribution >= 4 is 64.5 Å². The third-order valence-electron chi connectivity index (χ3n) is 8.20. The van der Waals surface area contributed by atoms with E-state index in [0.717, 1.165) is 49.8 Å². The minimum Gasteiger partial charge on any atom is -0.453 e. The second-order valence-electron chi connectivity index (χ2n) is 10.5. The number of hydrogen-bond donors (Lipinski definition) is 0. The molecule has 2 nitrogen and oxygen atoms in total. The van der Waals surface area contributed by atoms with E-state index in [-0.39, 0.29) is 0 Å². The quantitative estimate of drug-likeness (QED) is 0.217. The summed E-state index contributed by atoms with van der Waals surface area (Å²) in [6.45, 7) is 0. The molecule has 0 aliphatic heterocycles. The molecule has 0 spiro atoms. The highest BCUT2D eigenvalue weighted by atomic mass is 32.1. The van der Waals surface area contributed by atoms with E-state index in [1.54, 1.807) is 0 Å². The molecule has 3 aromatic heterocycles. The minimum atomic E-state index is 0.921. The van der Waals surface area contributed by atoms with Crippen molar-refractivity contribution in [1.82, 2.24) is 4.57 Å². The number of aromatic nitrogens is 1. The van der Waals surface area contributed by atoms with Crippen molar-refractivity contribution in [1.29, 1.82) is 0 Å². The van der Waals surface area contributed by atoms with Crippen LogP contribution < -0.4 is 0 Å². The second kappa shape index (κ2) is 8.69. The molecule has 0 radical (unpaired) electrons. The van der Waals surface area contributed by atoms with E-state index in [4.69, 9.17) is 4.42 Å². The van der Waals surface area contributed by atoms with Crippen molar-refractivity contribution in [2.24, 2.45) is 0 Å². The highest BCUT2D eigenvalue weighted by Crippen LogP contribution is 2.43. The van der Waals surface area contributed by atoms with Crippen molar-refractivity contribution in [2.75, 3.05) is 0 Å². The lowest BCUT2D eigenvalue weighted by Gasteiger charge is -2.09. The monoisotopic (exact) mass is 541 g/mol. The molecule has 0 bridgehead atoms. The van der Waals surface area contributed by atoms with Crippen molar-refractivity contribution in [2.45, 2.75) is 0 Å². The van der Waals surface area contributed by atoms with Gasteiger partial charge in [0.2, 0.25) is 0 Å². The summed E-state index contributed by atoms with van der Waals surface area (Å²) in [5, 5.41) is 4.90. The van der Waals surface area contributed by atoms with Crippen LogP contribution in [0.2, 0.25) is 0 Å². The lowest BCUT2D eigenvalue weighted by Crippen LogP contribution is -1.92. The van der Waals surface area contributed by atoms with Gasteiger partial charge in [-0.15, -0.1) is 11.3 Å². The average Bonchev–Trinajstić information content (AvgIpc) is 3.70. The zero-order chi connectivity index (χ0) is 26.9. The van der Waals surface area contributed by atoms with E-state index in [9.17, 15) is 0 Å². The van der Waals surface area contributed by atoms with E-state index in [1.807, 2.05) is 11.3 Å². The van der Waals surface area contributed by atoms with Gasteiger partial charge in [-0.05, 0) is 65.2 Å². The molecular weight excluding hydrogens is 518 g/mol. The summed E-state index contributed by atoms with van der Waals surface area (Å²) in [6.07, 6.45) is 0. The molecule has 9 rings (SSSR count). The molecule has 3 heterocycles. The Morgan fingerprint density at radius 3 is 2.10 bits per heavy atom. The number of hydrogen-bond acceptors (Lipinski definition) is 2.